The molecule has 8 nitrogen and oxygen atoms in total. The maximum atomic E-state index is 13.4. The summed E-state index contributed by atoms with van der Waals surface area (Å²) >= 11 is 0. The van der Waals surface area contributed by atoms with Gasteiger partial charge >= 0.3 is 0 Å². The van der Waals surface area contributed by atoms with Gasteiger partial charge in [-0.2, -0.15) is 4.31 Å². The average molecular weight is 431 g/mol. The van der Waals surface area contributed by atoms with Gasteiger partial charge in [-0.15, -0.1) is 0 Å². The number of nitrogens with zero attached hydrogens (tertiary/aromatic N) is 4. The highest BCUT2D eigenvalue weighted by Crippen LogP contribution is 2.38. The molecule has 0 N–H and O–H groups in total. The predicted octanol–water partition coefficient (Wildman–Crippen LogP) is 3.38. The van der Waals surface area contributed by atoms with Crippen molar-refractivity contribution in [3.8, 4) is 5.75 Å². The molecule has 0 aliphatic carbocycles. The Bertz CT molecular complexity index is 1130. The molecule has 0 spiro atoms. The first-order valence-electron chi connectivity index (χ1n) is 9.92. The number of imidazole rings is 1. The van der Waals surface area contributed by atoms with E-state index in [1.54, 1.807) is 31.5 Å². The number of aryl methyl sites for hydroxylation is 3. The van der Waals surface area contributed by atoms with Gasteiger partial charge in [-0.25, -0.2) is 13.4 Å². The van der Waals surface area contributed by atoms with Crippen LogP contribution in [0.3, 0.4) is 0 Å². The normalized spacial score (nSPS) is 17.5. The van der Waals surface area contributed by atoms with Crippen molar-refractivity contribution >= 4 is 10.0 Å². The minimum absolute atomic E-state index is 0.166. The third kappa shape index (κ3) is 3.52. The summed E-state index contributed by atoms with van der Waals surface area (Å²) in [6, 6.07) is 7.54. The molecule has 1 aliphatic heterocycles. The van der Waals surface area contributed by atoms with Crippen LogP contribution >= 0.6 is 0 Å². The number of hydrogen-bond donors (Lipinski definition) is 0. The second-order valence-electron chi connectivity index (χ2n) is 7.62. The van der Waals surface area contributed by atoms with Crippen molar-refractivity contribution < 1.29 is 17.7 Å². The fourth-order valence-corrected chi connectivity index (χ4v) is 6.06. The van der Waals surface area contributed by atoms with Crippen molar-refractivity contribution in [2.24, 2.45) is 0 Å². The topological polar surface area (TPSA) is 90.5 Å². The highest BCUT2D eigenvalue weighted by Gasteiger charge is 2.41. The second kappa shape index (κ2) is 7.88. The molecule has 1 unspecified atom stereocenters. The van der Waals surface area contributed by atoms with E-state index in [0.717, 1.165) is 35.7 Å². The SMILES string of the molecule is COc1ccc(Cn2c(C)cnc2C2CCCN2S(=O)(=O)c2c(C)noc2C)cc1. The summed E-state index contributed by atoms with van der Waals surface area (Å²) < 4.78 is 40.9. The van der Waals surface area contributed by atoms with Crippen LogP contribution in [0.4, 0.5) is 0 Å². The predicted molar refractivity (Wildman–Crippen MR) is 111 cm³/mol. The van der Waals surface area contributed by atoms with E-state index in [1.807, 2.05) is 31.2 Å². The molecule has 0 bridgehead atoms. The minimum Gasteiger partial charge on any atom is -0.497 e. The molecule has 2 aromatic heterocycles. The largest absolute Gasteiger partial charge is 0.497 e. The zero-order chi connectivity index (χ0) is 21.5. The Hall–Kier alpha value is -2.65. The maximum Gasteiger partial charge on any atom is 0.249 e. The van der Waals surface area contributed by atoms with Crippen LogP contribution in [0.25, 0.3) is 0 Å². The first-order valence-corrected chi connectivity index (χ1v) is 11.4. The monoisotopic (exact) mass is 430 g/mol. The van der Waals surface area contributed by atoms with Crippen LogP contribution in [0.5, 0.6) is 5.75 Å². The molecule has 1 aromatic carbocycles. The molecule has 0 amide bonds. The molecule has 160 valence electrons. The highest BCUT2D eigenvalue weighted by molar-refractivity contribution is 7.89. The average Bonchev–Trinajstić information content (AvgIpc) is 3.43. The van der Waals surface area contributed by atoms with Crippen LogP contribution in [0.1, 0.15) is 47.4 Å². The Morgan fingerprint density at radius 3 is 2.57 bits per heavy atom. The van der Waals surface area contributed by atoms with Crippen molar-refractivity contribution in [3.63, 3.8) is 0 Å². The molecule has 30 heavy (non-hydrogen) atoms. The van der Waals surface area contributed by atoms with Gasteiger partial charge in [0.25, 0.3) is 0 Å². The fraction of sp³-hybridized carbons (Fsp3) is 0.429. The Morgan fingerprint density at radius 2 is 1.93 bits per heavy atom. The molecular formula is C21H26N4O4S. The molecule has 1 aliphatic rings. The number of aromatic nitrogens is 3. The minimum atomic E-state index is -3.74. The summed E-state index contributed by atoms with van der Waals surface area (Å²) in [5.74, 6) is 1.88. The molecule has 1 fully saturated rings. The molecule has 1 atom stereocenters. The Balaban J connectivity index is 1.68. The van der Waals surface area contributed by atoms with Gasteiger partial charge in [0.05, 0.1) is 13.2 Å². The van der Waals surface area contributed by atoms with Crippen molar-refractivity contribution in [2.75, 3.05) is 13.7 Å². The number of hydrogen-bond acceptors (Lipinski definition) is 6. The van der Waals surface area contributed by atoms with Crippen molar-refractivity contribution in [2.45, 2.75) is 51.1 Å². The van der Waals surface area contributed by atoms with Crippen LogP contribution in [-0.2, 0) is 16.6 Å². The van der Waals surface area contributed by atoms with E-state index in [-0.39, 0.29) is 10.9 Å². The van der Waals surface area contributed by atoms with Gasteiger partial charge < -0.3 is 13.8 Å². The third-order valence-electron chi connectivity index (χ3n) is 5.62. The second-order valence-corrected chi connectivity index (χ2v) is 9.45. The number of ether oxygens (including phenoxy) is 1. The highest BCUT2D eigenvalue weighted by atomic mass is 32.2. The summed E-state index contributed by atoms with van der Waals surface area (Å²) in [7, 11) is -2.10. The van der Waals surface area contributed by atoms with E-state index in [2.05, 4.69) is 14.7 Å². The van der Waals surface area contributed by atoms with Gasteiger partial charge in [0.1, 0.15) is 22.2 Å². The van der Waals surface area contributed by atoms with Gasteiger partial charge in [-0.05, 0) is 51.3 Å². The van der Waals surface area contributed by atoms with E-state index in [1.165, 1.54) is 0 Å². The van der Waals surface area contributed by atoms with Crippen LogP contribution in [0.15, 0.2) is 39.9 Å². The molecular weight excluding hydrogens is 404 g/mol. The lowest BCUT2D eigenvalue weighted by Crippen LogP contribution is -2.33. The van der Waals surface area contributed by atoms with Crippen LogP contribution in [0.2, 0.25) is 0 Å². The first-order chi connectivity index (χ1) is 14.3. The van der Waals surface area contributed by atoms with Crippen molar-refractivity contribution in [1.29, 1.82) is 0 Å². The molecule has 0 saturated carbocycles. The number of benzene rings is 1. The van der Waals surface area contributed by atoms with E-state index in [0.29, 0.717) is 24.5 Å². The third-order valence-corrected chi connectivity index (χ3v) is 7.78. The van der Waals surface area contributed by atoms with Gasteiger partial charge in [-0.3, -0.25) is 0 Å². The quantitative estimate of drug-likeness (QED) is 0.595. The van der Waals surface area contributed by atoms with Gasteiger partial charge in [-0.1, -0.05) is 17.3 Å². The lowest BCUT2D eigenvalue weighted by Gasteiger charge is -2.24. The van der Waals surface area contributed by atoms with Gasteiger partial charge in [0.15, 0.2) is 5.76 Å². The summed E-state index contributed by atoms with van der Waals surface area (Å²) in [6.45, 7) is 6.34. The standard InChI is InChI=1S/C21H26N4O4S/c1-14-12-22-21(24(14)13-17-7-9-18(28-4)10-8-17)19-6-5-11-25(19)30(26,27)20-15(2)23-29-16(20)3/h7-10,12,19H,5-6,11,13H2,1-4H3. The first kappa shape index (κ1) is 20.6. The molecule has 3 aromatic rings. The molecule has 3 heterocycles. The Kier molecular flexibility index (Phi) is 5.42. The zero-order valence-corrected chi connectivity index (χ0v) is 18.4. The molecule has 1 saturated heterocycles. The van der Waals surface area contributed by atoms with E-state index >= 15 is 0 Å². The smallest absolute Gasteiger partial charge is 0.249 e. The number of methoxy groups -OCH3 is 1. The zero-order valence-electron chi connectivity index (χ0n) is 17.6. The lowest BCUT2D eigenvalue weighted by molar-refractivity contribution is 0.370. The Labute approximate surface area is 176 Å². The molecule has 4 rings (SSSR count). The van der Waals surface area contributed by atoms with E-state index in [9.17, 15) is 8.42 Å². The fourth-order valence-electron chi connectivity index (χ4n) is 4.11. The van der Waals surface area contributed by atoms with E-state index < -0.39 is 10.0 Å². The number of rotatable bonds is 6. The van der Waals surface area contributed by atoms with Crippen LogP contribution < -0.4 is 4.74 Å². The van der Waals surface area contributed by atoms with Crippen LogP contribution in [0, 0.1) is 20.8 Å². The summed E-state index contributed by atoms with van der Waals surface area (Å²) in [6.07, 6.45) is 3.31. The Morgan fingerprint density at radius 1 is 1.20 bits per heavy atom. The van der Waals surface area contributed by atoms with Gasteiger partial charge in [0.2, 0.25) is 10.0 Å². The molecule has 0 radical (unpaired) electrons. The van der Waals surface area contributed by atoms with E-state index in [4.69, 9.17) is 9.26 Å². The van der Waals surface area contributed by atoms with Crippen molar-refractivity contribution in [1.82, 2.24) is 19.0 Å². The summed E-state index contributed by atoms with van der Waals surface area (Å²) in [5.41, 5.74) is 2.47. The number of sulfonamides is 1. The molecule has 9 heteroatoms. The van der Waals surface area contributed by atoms with Gasteiger partial charge in [0, 0.05) is 25.0 Å². The maximum absolute atomic E-state index is 13.4. The summed E-state index contributed by atoms with van der Waals surface area (Å²) in [5, 5.41) is 3.83. The lowest BCUT2D eigenvalue weighted by atomic mass is 10.2. The van der Waals surface area contributed by atoms with Crippen molar-refractivity contribution in [3.05, 3.63) is 59.0 Å². The van der Waals surface area contributed by atoms with Crippen LogP contribution in [-0.4, -0.2) is 41.1 Å². The summed E-state index contributed by atoms with van der Waals surface area (Å²) in [4.78, 5) is 4.78.